The standard InChI is InChI=1S/C22H44N2O9S2/c1-2-3-4-5-6-7-8-9-10-11-21(26)33-19(16-25)17-34-18-20(23)22(27)24-12-13-31-14-15-32-35(28,29)30/h19-20,25H,2-18,23H2,1H3,(H,24,27)(H,28,29,30)/t19-,20+/m1/s1. The number of nitrogens with two attached hydrogens (primary N) is 1. The molecule has 0 spiro atoms. The van der Waals surface area contributed by atoms with E-state index < -0.39 is 28.5 Å². The number of carbonyl (C=O) groups is 2. The monoisotopic (exact) mass is 544 g/mol. The summed E-state index contributed by atoms with van der Waals surface area (Å²) in [6, 6.07) is -0.792. The van der Waals surface area contributed by atoms with Crippen molar-refractivity contribution in [1.29, 1.82) is 0 Å². The van der Waals surface area contributed by atoms with Crippen LogP contribution in [0.1, 0.15) is 71.1 Å². The molecular weight excluding hydrogens is 500 g/mol. The van der Waals surface area contributed by atoms with Gasteiger partial charge in [-0.25, -0.2) is 4.18 Å². The molecule has 0 radical (unpaired) electrons. The molecule has 13 heteroatoms. The first-order valence-electron chi connectivity index (χ1n) is 12.3. The van der Waals surface area contributed by atoms with Crippen molar-refractivity contribution < 1.29 is 41.3 Å². The molecule has 11 nitrogen and oxygen atoms in total. The third kappa shape index (κ3) is 23.2. The minimum Gasteiger partial charge on any atom is -0.459 e. The molecule has 0 aromatic carbocycles. The molecule has 0 rings (SSSR count). The minimum atomic E-state index is -4.49. The molecule has 5 N–H and O–H groups in total. The molecule has 0 bridgehead atoms. The number of hydrogen-bond acceptors (Lipinski definition) is 10. The maximum atomic E-state index is 12.0. The first kappa shape index (κ1) is 34.0. The van der Waals surface area contributed by atoms with Gasteiger partial charge in [0.15, 0.2) is 0 Å². The van der Waals surface area contributed by atoms with E-state index in [1.165, 1.54) is 50.3 Å². The predicted octanol–water partition coefficient (Wildman–Crippen LogP) is 1.82. The molecule has 1 amide bonds. The highest BCUT2D eigenvalue weighted by molar-refractivity contribution is 7.99. The molecule has 2 atom stereocenters. The van der Waals surface area contributed by atoms with Crippen molar-refractivity contribution in [2.75, 3.05) is 44.5 Å². The number of unbranched alkanes of at least 4 members (excludes halogenated alkanes) is 8. The number of nitrogens with one attached hydrogen (secondary N) is 1. The van der Waals surface area contributed by atoms with Gasteiger partial charge in [0.25, 0.3) is 0 Å². The van der Waals surface area contributed by atoms with Gasteiger partial charge in [0.05, 0.1) is 32.5 Å². The first-order chi connectivity index (χ1) is 16.7. The summed E-state index contributed by atoms with van der Waals surface area (Å²) in [6.45, 7) is 1.78. The van der Waals surface area contributed by atoms with Crippen molar-refractivity contribution in [3.63, 3.8) is 0 Å². The fourth-order valence-corrected chi connectivity index (χ4v) is 4.29. The fraction of sp³-hybridized carbons (Fsp3) is 0.909. The van der Waals surface area contributed by atoms with Crippen molar-refractivity contribution in [2.45, 2.75) is 83.3 Å². The van der Waals surface area contributed by atoms with E-state index in [9.17, 15) is 23.1 Å². The van der Waals surface area contributed by atoms with Crippen LogP contribution in [-0.4, -0.2) is 86.6 Å². The van der Waals surface area contributed by atoms with Crippen LogP contribution in [0.3, 0.4) is 0 Å². The Morgan fingerprint density at radius 3 is 2.20 bits per heavy atom. The highest BCUT2D eigenvalue weighted by atomic mass is 32.3. The Morgan fingerprint density at radius 1 is 0.971 bits per heavy atom. The lowest BCUT2D eigenvalue weighted by Crippen LogP contribution is -2.43. The number of hydrogen-bond donors (Lipinski definition) is 4. The number of ether oxygens (including phenoxy) is 2. The molecule has 0 aromatic heterocycles. The molecule has 35 heavy (non-hydrogen) atoms. The van der Waals surface area contributed by atoms with E-state index in [4.69, 9.17) is 19.8 Å². The largest absolute Gasteiger partial charge is 0.459 e. The van der Waals surface area contributed by atoms with Crippen LogP contribution in [0, 0.1) is 0 Å². The van der Waals surface area contributed by atoms with Crippen LogP contribution in [-0.2, 0) is 33.6 Å². The van der Waals surface area contributed by atoms with Crippen LogP contribution in [0.15, 0.2) is 0 Å². The summed E-state index contributed by atoms with van der Waals surface area (Å²) in [4.78, 5) is 24.0. The maximum absolute atomic E-state index is 12.0. The lowest BCUT2D eigenvalue weighted by molar-refractivity contribution is -0.149. The average Bonchev–Trinajstić information content (AvgIpc) is 2.80. The van der Waals surface area contributed by atoms with E-state index in [0.29, 0.717) is 12.2 Å². The SMILES string of the molecule is CCCCCCCCCCCC(=O)O[C@H](CO)CSC[C@H](N)C(=O)NCCOCCOS(=O)(=O)O. The Balaban J connectivity index is 3.79. The molecular formula is C22H44N2O9S2. The molecule has 0 fully saturated rings. The number of aliphatic hydroxyl groups is 1. The summed E-state index contributed by atoms with van der Waals surface area (Å²) in [5, 5.41) is 12.0. The second-order valence-corrected chi connectivity index (χ2v) is 10.3. The van der Waals surface area contributed by atoms with Gasteiger partial charge in [-0.1, -0.05) is 58.3 Å². The molecule has 0 unspecified atom stereocenters. The Labute approximate surface area is 214 Å². The van der Waals surface area contributed by atoms with Crippen molar-refractivity contribution >= 4 is 34.0 Å². The Kier molecular flexibility index (Phi) is 21.6. The van der Waals surface area contributed by atoms with Gasteiger partial charge in [0.1, 0.15) is 6.10 Å². The van der Waals surface area contributed by atoms with Gasteiger partial charge in [0.2, 0.25) is 5.91 Å². The van der Waals surface area contributed by atoms with Crippen LogP contribution >= 0.6 is 11.8 Å². The smallest absolute Gasteiger partial charge is 0.397 e. The van der Waals surface area contributed by atoms with E-state index >= 15 is 0 Å². The van der Waals surface area contributed by atoms with Gasteiger partial charge >= 0.3 is 16.4 Å². The molecule has 0 aromatic rings. The van der Waals surface area contributed by atoms with E-state index in [2.05, 4.69) is 16.4 Å². The number of amides is 1. The third-order valence-corrected chi connectivity index (χ3v) is 6.60. The average molecular weight is 545 g/mol. The van der Waals surface area contributed by atoms with Crippen molar-refractivity contribution in [3.8, 4) is 0 Å². The van der Waals surface area contributed by atoms with E-state index in [-0.39, 0.29) is 44.7 Å². The maximum Gasteiger partial charge on any atom is 0.397 e. The Morgan fingerprint density at radius 2 is 1.60 bits per heavy atom. The molecule has 0 heterocycles. The lowest BCUT2D eigenvalue weighted by Gasteiger charge is -2.17. The number of rotatable bonds is 24. The number of carbonyl (C=O) groups excluding carboxylic acids is 2. The number of thioether (sulfide) groups is 1. The summed E-state index contributed by atoms with van der Waals surface area (Å²) >= 11 is 1.31. The zero-order chi connectivity index (χ0) is 26.4. The van der Waals surface area contributed by atoms with E-state index in [1.807, 2.05) is 0 Å². The molecule has 0 aliphatic carbocycles. The van der Waals surface area contributed by atoms with Crippen LogP contribution in [0.5, 0.6) is 0 Å². The second kappa shape index (κ2) is 22.3. The summed E-state index contributed by atoms with van der Waals surface area (Å²) in [6.07, 6.45) is 10.2. The van der Waals surface area contributed by atoms with Crippen molar-refractivity contribution in [1.82, 2.24) is 5.32 Å². The topological polar surface area (TPSA) is 174 Å². The number of aliphatic hydroxyl groups excluding tert-OH is 1. The minimum absolute atomic E-state index is 0.0715. The van der Waals surface area contributed by atoms with Crippen LogP contribution in [0.2, 0.25) is 0 Å². The molecule has 0 aliphatic rings. The summed E-state index contributed by atoms with van der Waals surface area (Å²) in [7, 11) is -4.49. The third-order valence-electron chi connectivity index (χ3n) is 4.93. The summed E-state index contributed by atoms with van der Waals surface area (Å²) < 4.78 is 43.5. The van der Waals surface area contributed by atoms with Gasteiger partial charge < -0.3 is 25.6 Å². The normalized spacial score (nSPS) is 13.4. The van der Waals surface area contributed by atoms with Gasteiger partial charge in [0, 0.05) is 24.5 Å². The summed E-state index contributed by atoms with van der Waals surface area (Å²) in [5.74, 6) is -0.103. The molecule has 0 aliphatic heterocycles. The highest BCUT2D eigenvalue weighted by Gasteiger charge is 2.17. The van der Waals surface area contributed by atoms with E-state index in [1.54, 1.807) is 0 Å². The van der Waals surface area contributed by atoms with Crippen LogP contribution in [0.25, 0.3) is 0 Å². The Bertz CT molecular complexity index is 651. The van der Waals surface area contributed by atoms with Crippen molar-refractivity contribution in [2.24, 2.45) is 5.73 Å². The zero-order valence-corrected chi connectivity index (χ0v) is 22.5. The quantitative estimate of drug-likeness (QED) is 0.0792. The van der Waals surface area contributed by atoms with Gasteiger partial charge in [-0.2, -0.15) is 20.2 Å². The fourth-order valence-electron chi connectivity index (χ4n) is 3.03. The molecule has 208 valence electrons. The van der Waals surface area contributed by atoms with Gasteiger partial charge in [-0.15, -0.1) is 0 Å². The highest BCUT2D eigenvalue weighted by Crippen LogP contribution is 2.12. The Hall–Kier alpha value is -0.960. The van der Waals surface area contributed by atoms with Gasteiger partial charge in [-0.3, -0.25) is 14.1 Å². The predicted molar refractivity (Wildman–Crippen MR) is 135 cm³/mol. The second-order valence-electron chi connectivity index (χ2n) is 8.17. The van der Waals surface area contributed by atoms with Crippen LogP contribution in [0.4, 0.5) is 0 Å². The first-order valence-corrected chi connectivity index (χ1v) is 14.8. The molecule has 0 saturated carbocycles. The van der Waals surface area contributed by atoms with Crippen molar-refractivity contribution in [3.05, 3.63) is 0 Å². The number of esters is 1. The zero-order valence-electron chi connectivity index (χ0n) is 20.8. The van der Waals surface area contributed by atoms with Gasteiger partial charge in [-0.05, 0) is 6.42 Å². The lowest BCUT2D eigenvalue weighted by atomic mass is 10.1. The molecule has 0 saturated heterocycles. The summed E-state index contributed by atoms with van der Waals surface area (Å²) in [5.41, 5.74) is 5.84. The van der Waals surface area contributed by atoms with Crippen LogP contribution < -0.4 is 11.1 Å². The van der Waals surface area contributed by atoms with E-state index in [0.717, 1.165) is 19.3 Å².